The van der Waals surface area contributed by atoms with Crippen molar-refractivity contribution in [2.75, 3.05) is 0 Å². The average Bonchev–Trinajstić information content (AvgIpc) is 2.52. The smallest absolute Gasteiger partial charge is 0.258 e. The summed E-state index contributed by atoms with van der Waals surface area (Å²) in [5.74, 6) is 0. The van der Waals surface area contributed by atoms with Crippen molar-refractivity contribution in [2.45, 2.75) is 4.90 Å². The number of non-ortho nitro benzene ring substituents is 1. The van der Waals surface area contributed by atoms with Crippen LogP contribution in [0.4, 0.5) is 9.57 Å². The van der Waals surface area contributed by atoms with Gasteiger partial charge in [0.25, 0.3) is 5.69 Å². The molecule has 0 aliphatic carbocycles. The largest absolute Gasteiger partial charge is 0.333 e. The van der Waals surface area contributed by atoms with Crippen molar-refractivity contribution in [2.24, 2.45) is 0 Å². The lowest BCUT2D eigenvalue weighted by molar-refractivity contribution is -0.384. The molecule has 0 aliphatic rings. The van der Waals surface area contributed by atoms with E-state index < -0.39 is 20.0 Å². The summed E-state index contributed by atoms with van der Waals surface area (Å²) in [6.07, 6.45) is 6.42. The van der Waals surface area contributed by atoms with Gasteiger partial charge >= 0.3 is 10.2 Å². The zero-order valence-electron chi connectivity index (χ0n) is 12.1. The highest BCUT2D eigenvalue weighted by molar-refractivity contribution is 7.86. The minimum Gasteiger partial charge on any atom is -0.258 e. The van der Waals surface area contributed by atoms with Crippen molar-refractivity contribution in [1.82, 2.24) is 0 Å². The molecule has 24 heavy (non-hydrogen) atoms. The Hall–Kier alpha value is -2.51. The van der Waals surface area contributed by atoms with Crippen molar-refractivity contribution < 1.29 is 17.2 Å². The van der Waals surface area contributed by atoms with E-state index in [1.165, 1.54) is 24.3 Å². The molecular weight excluding hydrogens is 357 g/mol. The Morgan fingerprint density at radius 1 is 1.04 bits per heavy atom. The maximum Gasteiger partial charge on any atom is 0.333 e. The standard InChI is InChI=1S/C16H11ClFNO4S/c17-15-9-8-13(11-16(15)24(18,22)23)5-2-1-4-12-6-3-7-14(10-12)19(20)21/h1-11H. The molecule has 0 radical (unpaired) electrons. The molecule has 0 saturated heterocycles. The third-order valence-corrected chi connectivity index (χ3v) is 4.29. The Bertz CT molecular complexity index is 939. The molecule has 0 aromatic heterocycles. The van der Waals surface area contributed by atoms with E-state index in [1.807, 2.05) is 0 Å². The van der Waals surface area contributed by atoms with Crippen molar-refractivity contribution in [1.29, 1.82) is 0 Å². The summed E-state index contributed by atoms with van der Waals surface area (Å²) in [5.41, 5.74) is 1.06. The van der Waals surface area contributed by atoms with Crippen LogP contribution in [0.15, 0.2) is 59.5 Å². The van der Waals surface area contributed by atoms with Gasteiger partial charge < -0.3 is 0 Å². The first-order valence-electron chi connectivity index (χ1n) is 6.61. The van der Waals surface area contributed by atoms with E-state index in [9.17, 15) is 22.4 Å². The zero-order valence-corrected chi connectivity index (χ0v) is 13.7. The number of hydrogen-bond acceptors (Lipinski definition) is 4. The van der Waals surface area contributed by atoms with Gasteiger partial charge in [0.05, 0.1) is 9.95 Å². The van der Waals surface area contributed by atoms with E-state index in [0.717, 1.165) is 6.07 Å². The van der Waals surface area contributed by atoms with Gasteiger partial charge in [0.15, 0.2) is 0 Å². The molecule has 0 aliphatic heterocycles. The second-order valence-corrected chi connectivity index (χ2v) is 6.42. The Morgan fingerprint density at radius 3 is 2.25 bits per heavy atom. The fraction of sp³-hybridized carbons (Fsp3) is 0. The van der Waals surface area contributed by atoms with Crippen molar-refractivity contribution >= 4 is 39.7 Å². The Kier molecular flexibility index (Phi) is 5.48. The lowest BCUT2D eigenvalue weighted by atomic mass is 10.1. The summed E-state index contributed by atoms with van der Waals surface area (Å²) in [6.45, 7) is 0. The van der Waals surface area contributed by atoms with Gasteiger partial charge in [-0.25, -0.2) is 0 Å². The van der Waals surface area contributed by atoms with Gasteiger partial charge in [-0.05, 0) is 23.3 Å². The molecule has 0 heterocycles. The summed E-state index contributed by atoms with van der Waals surface area (Å²) >= 11 is 5.65. The fourth-order valence-corrected chi connectivity index (χ4v) is 2.86. The highest BCUT2D eigenvalue weighted by Gasteiger charge is 2.16. The SMILES string of the molecule is O=[N+]([O-])c1cccc(C=CC=Cc2ccc(Cl)c(S(=O)(=O)F)c2)c1. The molecule has 0 spiro atoms. The van der Waals surface area contributed by atoms with E-state index in [1.54, 1.807) is 36.4 Å². The van der Waals surface area contributed by atoms with Crippen LogP contribution >= 0.6 is 11.6 Å². The molecule has 8 heteroatoms. The van der Waals surface area contributed by atoms with Gasteiger partial charge in [-0.15, -0.1) is 3.89 Å². The first kappa shape index (κ1) is 17.8. The number of allylic oxidation sites excluding steroid dienone is 2. The van der Waals surface area contributed by atoms with Crippen molar-refractivity contribution in [3.05, 3.63) is 80.9 Å². The Balaban J connectivity index is 2.17. The first-order chi connectivity index (χ1) is 11.3. The lowest BCUT2D eigenvalue weighted by Crippen LogP contribution is -1.93. The van der Waals surface area contributed by atoms with Crippen molar-refractivity contribution in [3.8, 4) is 0 Å². The lowest BCUT2D eigenvalue weighted by Gasteiger charge is -2.00. The number of halogens is 2. The molecule has 2 rings (SSSR count). The molecule has 124 valence electrons. The van der Waals surface area contributed by atoms with Gasteiger partial charge in [0.1, 0.15) is 4.90 Å². The van der Waals surface area contributed by atoms with Crippen LogP contribution < -0.4 is 0 Å². The van der Waals surface area contributed by atoms with Gasteiger partial charge in [0.2, 0.25) is 0 Å². The number of rotatable bonds is 5. The highest BCUT2D eigenvalue weighted by atomic mass is 35.5. The first-order valence-corrected chi connectivity index (χ1v) is 8.37. The predicted molar refractivity (Wildman–Crippen MR) is 90.9 cm³/mol. The fourth-order valence-electron chi connectivity index (χ4n) is 1.89. The van der Waals surface area contributed by atoms with Crippen LogP contribution in [-0.2, 0) is 10.2 Å². The molecule has 0 bridgehead atoms. The van der Waals surface area contributed by atoms with Crippen LogP contribution in [0.2, 0.25) is 5.02 Å². The number of hydrogen-bond donors (Lipinski definition) is 0. The van der Waals surface area contributed by atoms with Crippen LogP contribution in [0.5, 0.6) is 0 Å². The van der Waals surface area contributed by atoms with Crippen LogP contribution in [-0.4, -0.2) is 13.3 Å². The second-order valence-electron chi connectivity index (χ2n) is 4.70. The van der Waals surface area contributed by atoms with E-state index >= 15 is 0 Å². The molecular formula is C16H11ClFNO4S. The van der Waals surface area contributed by atoms with Gasteiger partial charge in [0, 0.05) is 12.1 Å². The predicted octanol–water partition coefficient (Wildman–Crippen LogP) is 4.63. The highest BCUT2D eigenvalue weighted by Crippen LogP contribution is 2.24. The van der Waals surface area contributed by atoms with Gasteiger partial charge in [-0.3, -0.25) is 10.1 Å². The summed E-state index contributed by atoms with van der Waals surface area (Å²) in [7, 11) is -4.89. The van der Waals surface area contributed by atoms with E-state index in [0.29, 0.717) is 11.1 Å². The third kappa shape index (κ3) is 4.74. The molecule has 0 N–H and O–H groups in total. The van der Waals surface area contributed by atoms with E-state index in [4.69, 9.17) is 11.6 Å². The summed E-state index contributed by atoms with van der Waals surface area (Å²) in [5, 5.41) is 10.5. The molecule has 0 fully saturated rings. The van der Waals surface area contributed by atoms with Crippen LogP contribution in [0.25, 0.3) is 12.2 Å². The van der Waals surface area contributed by atoms with Gasteiger partial charge in [-0.2, -0.15) is 8.42 Å². The topological polar surface area (TPSA) is 77.3 Å². The normalized spacial score (nSPS) is 12.1. The Labute approximate surface area is 143 Å². The number of nitro groups is 1. The molecule has 2 aromatic rings. The number of nitrogens with zero attached hydrogens (tertiary/aromatic N) is 1. The molecule has 0 amide bonds. The van der Waals surface area contributed by atoms with Crippen LogP contribution in [0, 0.1) is 10.1 Å². The monoisotopic (exact) mass is 367 g/mol. The number of nitro benzene ring substituents is 1. The average molecular weight is 368 g/mol. The van der Waals surface area contributed by atoms with E-state index in [2.05, 4.69) is 0 Å². The molecule has 0 saturated carbocycles. The quantitative estimate of drug-likeness (QED) is 0.334. The molecule has 5 nitrogen and oxygen atoms in total. The summed E-state index contributed by atoms with van der Waals surface area (Å²) in [6, 6.07) is 10.0. The van der Waals surface area contributed by atoms with Gasteiger partial charge in [-0.1, -0.05) is 54.1 Å². The molecule has 2 aromatic carbocycles. The third-order valence-electron chi connectivity index (χ3n) is 2.99. The van der Waals surface area contributed by atoms with Crippen molar-refractivity contribution in [3.63, 3.8) is 0 Å². The number of benzene rings is 2. The minimum absolute atomic E-state index is 0.0170. The summed E-state index contributed by atoms with van der Waals surface area (Å²) in [4.78, 5) is 9.61. The zero-order chi connectivity index (χ0) is 17.7. The molecule has 0 unspecified atom stereocenters. The maximum absolute atomic E-state index is 13.1. The Morgan fingerprint density at radius 2 is 1.67 bits per heavy atom. The maximum atomic E-state index is 13.1. The molecule has 0 atom stereocenters. The second kappa shape index (κ2) is 7.37. The van der Waals surface area contributed by atoms with E-state index in [-0.39, 0.29) is 10.7 Å². The van der Waals surface area contributed by atoms with Crippen LogP contribution in [0.3, 0.4) is 0 Å². The van der Waals surface area contributed by atoms with Crippen LogP contribution in [0.1, 0.15) is 11.1 Å². The summed E-state index contributed by atoms with van der Waals surface area (Å²) < 4.78 is 35.0. The minimum atomic E-state index is -4.89.